The van der Waals surface area contributed by atoms with Crippen LogP contribution in [0.3, 0.4) is 0 Å². The fraction of sp³-hybridized carbons (Fsp3) is 0.545. The quantitative estimate of drug-likeness (QED) is 0.524. The number of aliphatic carboxylic acids is 1. The second-order valence-corrected chi connectivity index (χ2v) is 3.13. The van der Waals surface area contributed by atoms with Crippen molar-refractivity contribution in [2.45, 2.75) is 40.0 Å². The van der Waals surface area contributed by atoms with Crippen molar-refractivity contribution in [3.63, 3.8) is 0 Å². The summed E-state index contributed by atoms with van der Waals surface area (Å²) in [6.07, 6.45) is 7.02. The molecular formula is C11H18O2. The molecule has 0 saturated carbocycles. The number of carbonyl (C=O) groups is 1. The third-order valence-corrected chi connectivity index (χ3v) is 2.05. The van der Waals surface area contributed by atoms with Crippen molar-refractivity contribution in [3.05, 3.63) is 23.3 Å². The number of allylic oxidation sites excluding steroid dienone is 3. The Kier molecular flexibility index (Phi) is 5.94. The van der Waals surface area contributed by atoms with Gasteiger partial charge in [-0.2, -0.15) is 0 Å². The minimum absolute atomic E-state index is 0.477. The molecule has 0 atom stereocenters. The highest BCUT2D eigenvalue weighted by Gasteiger charge is 2.03. The Hall–Kier alpha value is -1.05. The van der Waals surface area contributed by atoms with Crippen LogP contribution in [-0.4, -0.2) is 11.1 Å². The number of rotatable bonds is 5. The van der Waals surface area contributed by atoms with E-state index in [0.29, 0.717) is 5.57 Å². The summed E-state index contributed by atoms with van der Waals surface area (Å²) in [5, 5.41) is 8.68. The van der Waals surface area contributed by atoms with Crippen LogP contribution in [0.5, 0.6) is 0 Å². The van der Waals surface area contributed by atoms with Crippen LogP contribution in [0.25, 0.3) is 0 Å². The van der Waals surface area contributed by atoms with Gasteiger partial charge in [-0.25, -0.2) is 4.79 Å². The molecule has 13 heavy (non-hydrogen) atoms. The van der Waals surface area contributed by atoms with Gasteiger partial charge in [0, 0.05) is 5.57 Å². The lowest BCUT2D eigenvalue weighted by molar-refractivity contribution is -0.132. The predicted octanol–water partition coefficient (Wildman–Crippen LogP) is 3.15. The molecule has 74 valence electrons. The molecule has 0 aliphatic carbocycles. The highest BCUT2D eigenvalue weighted by Crippen LogP contribution is 2.10. The van der Waals surface area contributed by atoms with Gasteiger partial charge in [0.15, 0.2) is 0 Å². The molecule has 0 rings (SSSR count). The highest BCUT2D eigenvalue weighted by molar-refractivity contribution is 5.86. The third-order valence-electron chi connectivity index (χ3n) is 2.05. The van der Waals surface area contributed by atoms with Crippen molar-refractivity contribution in [1.82, 2.24) is 0 Å². The Morgan fingerprint density at radius 2 is 1.92 bits per heavy atom. The van der Waals surface area contributed by atoms with Crippen molar-refractivity contribution in [1.29, 1.82) is 0 Å². The lowest BCUT2D eigenvalue weighted by Gasteiger charge is -2.00. The SMILES string of the molecule is CCC=CCCC(C)=C(C)C(=O)O. The molecule has 0 spiro atoms. The molecule has 0 amide bonds. The van der Waals surface area contributed by atoms with Crippen LogP contribution in [0, 0.1) is 0 Å². The summed E-state index contributed by atoms with van der Waals surface area (Å²) in [5.41, 5.74) is 1.44. The van der Waals surface area contributed by atoms with Crippen molar-refractivity contribution in [3.8, 4) is 0 Å². The van der Waals surface area contributed by atoms with Crippen LogP contribution in [0.4, 0.5) is 0 Å². The first-order chi connectivity index (χ1) is 6.09. The molecular weight excluding hydrogens is 164 g/mol. The first kappa shape index (κ1) is 11.9. The smallest absolute Gasteiger partial charge is 0.331 e. The van der Waals surface area contributed by atoms with Crippen LogP contribution in [0.2, 0.25) is 0 Å². The van der Waals surface area contributed by atoms with Gasteiger partial charge in [0.25, 0.3) is 0 Å². The highest BCUT2D eigenvalue weighted by atomic mass is 16.4. The molecule has 0 saturated heterocycles. The minimum atomic E-state index is -0.808. The van der Waals surface area contributed by atoms with Gasteiger partial charge in [-0.15, -0.1) is 0 Å². The number of carboxylic acid groups (broad SMARTS) is 1. The maximum absolute atomic E-state index is 10.6. The summed E-state index contributed by atoms with van der Waals surface area (Å²) in [5.74, 6) is -0.808. The van der Waals surface area contributed by atoms with Crippen molar-refractivity contribution >= 4 is 5.97 Å². The van der Waals surface area contributed by atoms with E-state index < -0.39 is 5.97 Å². The predicted molar refractivity (Wildman–Crippen MR) is 54.7 cm³/mol. The number of hydrogen-bond acceptors (Lipinski definition) is 1. The fourth-order valence-corrected chi connectivity index (χ4v) is 0.954. The van der Waals surface area contributed by atoms with Gasteiger partial charge in [0.1, 0.15) is 0 Å². The van der Waals surface area contributed by atoms with E-state index in [9.17, 15) is 4.79 Å². The van der Waals surface area contributed by atoms with E-state index in [-0.39, 0.29) is 0 Å². The third kappa shape index (κ3) is 5.23. The van der Waals surface area contributed by atoms with Crippen LogP contribution in [-0.2, 0) is 4.79 Å². The van der Waals surface area contributed by atoms with Crippen LogP contribution in [0.1, 0.15) is 40.0 Å². The van der Waals surface area contributed by atoms with E-state index in [2.05, 4.69) is 19.1 Å². The number of hydrogen-bond donors (Lipinski definition) is 1. The average Bonchev–Trinajstić information content (AvgIpc) is 2.10. The lowest BCUT2D eigenvalue weighted by atomic mass is 10.1. The second kappa shape index (κ2) is 6.46. The normalized spacial score (nSPS) is 13.2. The second-order valence-electron chi connectivity index (χ2n) is 3.13. The zero-order valence-electron chi connectivity index (χ0n) is 8.63. The fourth-order valence-electron chi connectivity index (χ4n) is 0.954. The Labute approximate surface area is 80.0 Å². The average molecular weight is 182 g/mol. The molecule has 0 aliphatic rings. The molecule has 2 nitrogen and oxygen atoms in total. The summed E-state index contributed by atoms with van der Waals surface area (Å²) in [7, 11) is 0. The van der Waals surface area contributed by atoms with Gasteiger partial charge in [0.2, 0.25) is 0 Å². The van der Waals surface area contributed by atoms with Crippen molar-refractivity contribution in [2.24, 2.45) is 0 Å². The van der Waals surface area contributed by atoms with E-state index in [1.165, 1.54) is 0 Å². The number of carboxylic acids is 1. The van der Waals surface area contributed by atoms with Gasteiger partial charge >= 0.3 is 5.97 Å². The van der Waals surface area contributed by atoms with Gasteiger partial charge < -0.3 is 5.11 Å². The Bertz CT molecular complexity index is 224. The topological polar surface area (TPSA) is 37.3 Å². The van der Waals surface area contributed by atoms with Crippen LogP contribution in [0.15, 0.2) is 23.3 Å². The summed E-state index contributed by atoms with van der Waals surface area (Å²) in [6, 6.07) is 0. The molecule has 1 N–H and O–H groups in total. The Balaban J connectivity index is 3.99. The summed E-state index contributed by atoms with van der Waals surface area (Å²) >= 11 is 0. The minimum Gasteiger partial charge on any atom is -0.478 e. The summed E-state index contributed by atoms with van der Waals surface area (Å²) in [4.78, 5) is 10.6. The van der Waals surface area contributed by atoms with E-state index in [1.54, 1.807) is 6.92 Å². The van der Waals surface area contributed by atoms with Gasteiger partial charge in [-0.3, -0.25) is 0 Å². The summed E-state index contributed by atoms with van der Waals surface area (Å²) in [6.45, 7) is 5.62. The van der Waals surface area contributed by atoms with Gasteiger partial charge in [-0.1, -0.05) is 24.6 Å². The van der Waals surface area contributed by atoms with Gasteiger partial charge in [-0.05, 0) is 33.1 Å². The van der Waals surface area contributed by atoms with Crippen molar-refractivity contribution < 1.29 is 9.90 Å². The maximum atomic E-state index is 10.6. The van der Waals surface area contributed by atoms with E-state index >= 15 is 0 Å². The van der Waals surface area contributed by atoms with Crippen LogP contribution >= 0.6 is 0 Å². The Morgan fingerprint density at radius 1 is 1.31 bits per heavy atom. The standard InChI is InChI=1S/C11H18O2/c1-4-5-6-7-8-9(2)10(3)11(12)13/h5-6H,4,7-8H2,1-3H3,(H,12,13). The van der Waals surface area contributed by atoms with Crippen molar-refractivity contribution in [2.75, 3.05) is 0 Å². The molecule has 0 aromatic heterocycles. The first-order valence-electron chi connectivity index (χ1n) is 4.64. The lowest BCUT2D eigenvalue weighted by Crippen LogP contribution is -1.99. The summed E-state index contributed by atoms with van der Waals surface area (Å²) < 4.78 is 0. The largest absolute Gasteiger partial charge is 0.478 e. The zero-order chi connectivity index (χ0) is 10.3. The molecule has 0 fully saturated rings. The molecule has 0 aromatic carbocycles. The van der Waals surface area contributed by atoms with Crippen LogP contribution < -0.4 is 0 Å². The zero-order valence-corrected chi connectivity index (χ0v) is 8.63. The van der Waals surface area contributed by atoms with E-state index in [4.69, 9.17) is 5.11 Å². The molecule has 0 unspecified atom stereocenters. The molecule has 2 heteroatoms. The molecule has 0 heterocycles. The Morgan fingerprint density at radius 3 is 2.38 bits per heavy atom. The molecule has 0 bridgehead atoms. The molecule has 0 radical (unpaired) electrons. The van der Waals surface area contributed by atoms with E-state index in [1.807, 2.05) is 6.92 Å². The first-order valence-corrected chi connectivity index (χ1v) is 4.64. The maximum Gasteiger partial charge on any atom is 0.331 e. The monoisotopic (exact) mass is 182 g/mol. The van der Waals surface area contributed by atoms with Gasteiger partial charge in [0.05, 0.1) is 0 Å². The molecule has 0 aliphatic heterocycles. The van der Waals surface area contributed by atoms with E-state index in [0.717, 1.165) is 24.8 Å². The molecule has 0 aromatic rings.